The van der Waals surface area contributed by atoms with Gasteiger partial charge in [0.25, 0.3) is 0 Å². The van der Waals surface area contributed by atoms with Gasteiger partial charge in [-0.1, -0.05) is 18.2 Å². The van der Waals surface area contributed by atoms with Crippen LogP contribution >= 0.6 is 0 Å². The second kappa shape index (κ2) is 11.8. The number of nitrogens with one attached hydrogen (secondary N) is 1. The van der Waals surface area contributed by atoms with Crippen molar-refractivity contribution in [2.45, 2.75) is 151 Å². The summed E-state index contributed by atoms with van der Waals surface area (Å²) in [6.07, 6.45) is 20.6. The maximum absolute atomic E-state index is 6.58. The minimum absolute atomic E-state index is 0.392. The molecular weight excluding hydrogens is 458 g/mol. The Morgan fingerprint density at radius 1 is 0.541 bits per heavy atom. The van der Waals surface area contributed by atoms with Crippen molar-refractivity contribution in [2.24, 2.45) is 11.5 Å². The van der Waals surface area contributed by atoms with Crippen molar-refractivity contribution >= 4 is 10.9 Å². The molecule has 1 heterocycles. The molecule has 204 valence electrons. The number of aromatic amines is 1. The highest BCUT2D eigenvalue weighted by Gasteiger charge is 2.33. The first-order chi connectivity index (χ1) is 18.1. The van der Waals surface area contributed by atoms with Gasteiger partial charge in [0.2, 0.25) is 0 Å². The van der Waals surface area contributed by atoms with E-state index in [4.69, 9.17) is 20.9 Å². The monoisotopic (exact) mass is 507 g/mol. The minimum Gasteiger partial charge on any atom is -0.375 e. The molecule has 2 aromatic rings. The molecule has 1 aromatic carbocycles. The highest BCUT2D eigenvalue weighted by Crippen LogP contribution is 2.45. The van der Waals surface area contributed by atoms with Crippen molar-refractivity contribution in [1.82, 2.24) is 4.98 Å². The van der Waals surface area contributed by atoms with E-state index in [9.17, 15) is 0 Å². The van der Waals surface area contributed by atoms with Gasteiger partial charge in [-0.25, -0.2) is 0 Å². The summed E-state index contributed by atoms with van der Waals surface area (Å²) in [7, 11) is 0. The molecule has 0 bridgehead atoms. The smallest absolute Gasteiger partial charge is 0.0580 e. The maximum Gasteiger partial charge on any atom is 0.0580 e. The summed E-state index contributed by atoms with van der Waals surface area (Å²) >= 11 is 0. The molecule has 4 aliphatic carbocycles. The van der Waals surface area contributed by atoms with Crippen molar-refractivity contribution in [3.8, 4) is 0 Å². The third-order valence-corrected chi connectivity index (χ3v) is 10.1. The molecule has 4 saturated carbocycles. The van der Waals surface area contributed by atoms with Crippen molar-refractivity contribution < 1.29 is 9.47 Å². The molecule has 5 heteroatoms. The maximum atomic E-state index is 6.58. The first kappa shape index (κ1) is 25.9. The largest absolute Gasteiger partial charge is 0.375 e. The van der Waals surface area contributed by atoms with Gasteiger partial charge >= 0.3 is 0 Å². The molecule has 0 atom stereocenters. The van der Waals surface area contributed by atoms with Crippen LogP contribution in [0.5, 0.6) is 0 Å². The number of para-hydroxylation sites is 1. The Morgan fingerprint density at radius 2 is 0.973 bits per heavy atom. The molecule has 4 fully saturated rings. The molecule has 37 heavy (non-hydrogen) atoms. The zero-order chi connectivity index (χ0) is 25.2. The van der Waals surface area contributed by atoms with Gasteiger partial charge in [-0.05, 0) is 126 Å². The summed E-state index contributed by atoms with van der Waals surface area (Å²) in [5.74, 6) is 1.27. The van der Waals surface area contributed by atoms with E-state index in [0.29, 0.717) is 48.3 Å². The predicted molar refractivity (Wildman–Crippen MR) is 151 cm³/mol. The molecule has 4 aliphatic rings. The first-order valence-corrected chi connectivity index (χ1v) is 15.5. The lowest BCUT2D eigenvalue weighted by atomic mass is 9.77. The number of benzene rings is 1. The minimum atomic E-state index is 0.392. The Labute approximate surface area is 223 Å². The molecule has 0 saturated heterocycles. The molecule has 5 N–H and O–H groups in total. The third-order valence-electron chi connectivity index (χ3n) is 10.1. The third kappa shape index (κ3) is 6.11. The van der Waals surface area contributed by atoms with Crippen LogP contribution in [0.2, 0.25) is 0 Å². The second-order valence-corrected chi connectivity index (χ2v) is 12.8. The van der Waals surface area contributed by atoms with E-state index >= 15 is 0 Å². The van der Waals surface area contributed by atoms with Crippen LogP contribution in [0.4, 0.5) is 0 Å². The van der Waals surface area contributed by atoms with Crippen LogP contribution in [0, 0.1) is 0 Å². The lowest BCUT2D eigenvalue weighted by Gasteiger charge is -2.36. The topological polar surface area (TPSA) is 86.3 Å². The summed E-state index contributed by atoms with van der Waals surface area (Å²) in [6, 6.07) is 9.79. The standard InChI is InChI=1S/C32H49N3O2/c33-23-9-17-27(18-10-23)36-25-13-5-21(6-14-25)31-29-3-1-2-4-30(29)35-32(31)22-7-15-26(16-8-22)37-28-19-11-24(34)12-20-28/h1-4,21-28,35H,5-20,33-34H2. The average molecular weight is 508 g/mol. The summed E-state index contributed by atoms with van der Waals surface area (Å²) in [4.78, 5) is 3.92. The lowest BCUT2D eigenvalue weighted by Crippen LogP contribution is -2.34. The Balaban J connectivity index is 1.09. The Morgan fingerprint density at radius 3 is 1.49 bits per heavy atom. The molecule has 0 unspecified atom stereocenters. The number of ether oxygens (including phenoxy) is 2. The van der Waals surface area contributed by atoms with Gasteiger partial charge in [0.15, 0.2) is 0 Å². The highest BCUT2D eigenvalue weighted by molar-refractivity contribution is 5.85. The highest BCUT2D eigenvalue weighted by atomic mass is 16.5. The van der Waals surface area contributed by atoms with E-state index in [0.717, 1.165) is 51.4 Å². The van der Waals surface area contributed by atoms with Gasteiger partial charge in [0, 0.05) is 28.7 Å². The van der Waals surface area contributed by atoms with Crippen LogP contribution in [0.25, 0.3) is 10.9 Å². The molecule has 0 spiro atoms. The number of hydrogen-bond donors (Lipinski definition) is 3. The summed E-state index contributed by atoms with van der Waals surface area (Å²) in [5.41, 5.74) is 16.7. The summed E-state index contributed by atoms with van der Waals surface area (Å²) in [5, 5.41) is 1.46. The van der Waals surface area contributed by atoms with E-state index in [1.165, 1.54) is 68.0 Å². The molecule has 0 aliphatic heterocycles. The average Bonchev–Trinajstić information content (AvgIpc) is 3.32. The Kier molecular flexibility index (Phi) is 8.23. The van der Waals surface area contributed by atoms with Gasteiger partial charge in [0.05, 0.1) is 24.4 Å². The van der Waals surface area contributed by atoms with Crippen molar-refractivity contribution in [3.05, 3.63) is 35.5 Å². The van der Waals surface area contributed by atoms with E-state index in [1.54, 1.807) is 5.56 Å². The van der Waals surface area contributed by atoms with E-state index < -0.39 is 0 Å². The van der Waals surface area contributed by atoms with Crippen LogP contribution < -0.4 is 11.5 Å². The first-order valence-electron chi connectivity index (χ1n) is 15.5. The zero-order valence-corrected chi connectivity index (χ0v) is 22.7. The number of H-pyrrole nitrogens is 1. The van der Waals surface area contributed by atoms with Gasteiger partial charge in [0.1, 0.15) is 0 Å². The molecule has 0 radical (unpaired) electrons. The van der Waals surface area contributed by atoms with Gasteiger partial charge in [-0.15, -0.1) is 0 Å². The van der Waals surface area contributed by atoms with Gasteiger partial charge < -0.3 is 25.9 Å². The summed E-state index contributed by atoms with van der Waals surface area (Å²) in [6.45, 7) is 0. The molecule has 1 aromatic heterocycles. The number of hydrogen-bond acceptors (Lipinski definition) is 4. The molecule has 0 amide bonds. The fraction of sp³-hybridized carbons (Fsp3) is 0.750. The van der Waals surface area contributed by atoms with Crippen LogP contribution in [0.15, 0.2) is 24.3 Å². The summed E-state index contributed by atoms with van der Waals surface area (Å²) < 4.78 is 13.1. The zero-order valence-electron chi connectivity index (χ0n) is 22.7. The normalized spacial score (nSPS) is 37.6. The number of aromatic nitrogens is 1. The van der Waals surface area contributed by atoms with E-state index in [2.05, 4.69) is 29.2 Å². The quantitative estimate of drug-likeness (QED) is 0.402. The molecular formula is C32H49N3O2. The number of nitrogens with two attached hydrogens (primary N) is 2. The van der Waals surface area contributed by atoms with E-state index in [1.807, 2.05) is 0 Å². The second-order valence-electron chi connectivity index (χ2n) is 12.8. The number of fused-ring (bicyclic) bond motifs is 1. The van der Waals surface area contributed by atoms with Gasteiger partial charge in [-0.2, -0.15) is 0 Å². The van der Waals surface area contributed by atoms with Gasteiger partial charge in [-0.3, -0.25) is 0 Å². The van der Waals surface area contributed by atoms with Crippen LogP contribution in [0.3, 0.4) is 0 Å². The fourth-order valence-electron chi connectivity index (χ4n) is 7.92. The van der Waals surface area contributed by atoms with E-state index in [-0.39, 0.29) is 0 Å². The Bertz CT molecular complexity index is 989. The Hall–Kier alpha value is -1.40. The van der Waals surface area contributed by atoms with Crippen molar-refractivity contribution in [2.75, 3.05) is 0 Å². The molecule has 5 nitrogen and oxygen atoms in total. The SMILES string of the molecule is NC1CCC(OC2CCC(c3[nH]c4ccccc4c3C3CCC(OC4CCC(N)CC4)CC3)CC2)CC1. The number of rotatable bonds is 6. The lowest BCUT2D eigenvalue weighted by molar-refractivity contribution is -0.0499. The molecule has 6 rings (SSSR count). The van der Waals surface area contributed by atoms with Crippen molar-refractivity contribution in [3.63, 3.8) is 0 Å². The van der Waals surface area contributed by atoms with Crippen LogP contribution in [-0.4, -0.2) is 41.5 Å². The predicted octanol–water partition coefficient (Wildman–Crippen LogP) is 6.79. The van der Waals surface area contributed by atoms with Crippen molar-refractivity contribution in [1.29, 1.82) is 0 Å². The van der Waals surface area contributed by atoms with Crippen LogP contribution in [-0.2, 0) is 9.47 Å². The fourth-order valence-corrected chi connectivity index (χ4v) is 7.92. The van der Waals surface area contributed by atoms with Crippen LogP contribution in [0.1, 0.15) is 126 Å².